The van der Waals surface area contributed by atoms with Crippen LogP contribution >= 0.6 is 22.6 Å². The predicted molar refractivity (Wildman–Crippen MR) is 130 cm³/mol. The van der Waals surface area contributed by atoms with Gasteiger partial charge in [-0.1, -0.05) is 13.0 Å². The minimum Gasteiger partial charge on any atom is -0.496 e. The Morgan fingerprint density at radius 2 is 1.91 bits per heavy atom. The second-order valence-corrected chi connectivity index (χ2v) is 10.5. The maximum absolute atomic E-state index is 13.4. The molecule has 3 aromatic rings. The number of imidazole rings is 1. The zero-order valence-electron chi connectivity index (χ0n) is 18.3. The highest BCUT2D eigenvalue weighted by molar-refractivity contribution is 14.1. The van der Waals surface area contributed by atoms with Gasteiger partial charge in [0.05, 0.1) is 29.6 Å². The smallest absolute Gasteiger partial charge is 0.251 e. The SMILES string of the molecule is CCc1nc2c(N3CCOCC3)nc(S(=O)(=O)Cc3ccc(OC)c(I)c3)nc2n1CC. The number of morpholine rings is 1. The van der Waals surface area contributed by atoms with Gasteiger partial charge < -0.3 is 18.9 Å². The van der Waals surface area contributed by atoms with Crippen molar-refractivity contribution in [3.63, 3.8) is 0 Å². The summed E-state index contributed by atoms with van der Waals surface area (Å²) in [5.74, 6) is 1.94. The maximum atomic E-state index is 13.4. The molecule has 9 nitrogen and oxygen atoms in total. The Morgan fingerprint density at radius 1 is 1.16 bits per heavy atom. The second-order valence-electron chi connectivity index (χ2n) is 7.46. The molecule has 11 heteroatoms. The van der Waals surface area contributed by atoms with Crippen molar-refractivity contribution in [3.8, 4) is 5.75 Å². The Hall–Kier alpha value is -1.99. The second kappa shape index (κ2) is 9.48. The normalized spacial score (nSPS) is 14.8. The molecule has 1 aliphatic rings. The first-order valence-electron chi connectivity index (χ1n) is 10.5. The number of hydrogen-bond acceptors (Lipinski definition) is 8. The fourth-order valence-electron chi connectivity index (χ4n) is 3.83. The first-order chi connectivity index (χ1) is 15.4. The number of sulfone groups is 1. The van der Waals surface area contributed by atoms with Crippen molar-refractivity contribution in [1.82, 2.24) is 19.5 Å². The molecule has 0 saturated carbocycles. The number of aryl methyl sites for hydroxylation is 2. The third kappa shape index (κ3) is 4.42. The molecule has 0 N–H and O–H groups in total. The summed E-state index contributed by atoms with van der Waals surface area (Å²) in [6.45, 7) is 7.06. The van der Waals surface area contributed by atoms with Gasteiger partial charge in [-0.25, -0.2) is 13.4 Å². The third-order valence-electron chi connectivity index (χ3n) is 5.43. The van der Waals surface area contributed by atoms with E-state index < -0.39 is 9.84 Å². The number of fused-ring (bicyclic) bond motifs is 1. The molecule has 32 heavy (non-hydrogen) atoms. The number of methoxy groups -OCH3 is 1. The molecule has 0 aliphatic carbocycles. The quantitative estimate of drug-likeness (QED) is 0.316. The highest BCUT2D eigenvalue weighted by atomic mass is 127. The van der Waals surface area contributed by atoms with Crippen LogP contribution in [0.5, 0.6) is 5.75 Å². The predicted octanol–water partition coefficient (Wildman–Crippen LogP) is 2.83. The summed E-state index contributed by atoms with van der Waals surface area (Å²) >= 11 is 2.13. The zero-order valence-corrected chi connectivity index (χ0v) is 21.3. The van der Waals surface area contributed by atoms with Gasteiger partial charge in [0.15, 0.2) is 17.0 Å². The largest absolute Gasteiger partial charge is 0.496 e. The molecule has 3 heterocycles. The minimum absolute atomic E-state index is 0.172. The van der Waals surface area contributed by atoms with Gasteiger partial charge >= 0.3 is 0 Å². The topological polar surface area (TPSA) is 99.4 Å². The summed E-state index contributed by atoms with van der Waals surface area (Å²) in [7, 11) is -2.20. The number of aromatic nitrogens is 4. The molecule has 1 saturated heterocycles. The fraction of sp³-hybridized carbons (Fsp3) is 0.476. The number of benzene rings is 1. The summed E-state index contributed by atoms with van der Waals surface area (Å²) in [5.41, 5.74) is 1.86. The van der Waals surface area contributed by atoms with Crippen LogP contribution in [0.2, 0.25) is 0 Å². The molecule has 0 atom stereocenters. The van der Waals surface area contributed by atoms with E-state index in [1.54, 1.807) is 19.2 Å². The molecule has 1 aliphatic heterocycles. The van der Waals surface area contributed by atoms with Crippen LogP contribution in [0.1, 0.15) is 25.2 Å². The fourth-order valence-corrected chi connectivity index (χ4v) is 5.83. The van der Waals surface area contributed by atoms with E-state index in [2.05, 4.69) is 32.6 Å². The molecule has 0 spiro atoms. The average molecular weight is 571 g/mol. The molecule has 4 rings (SSSR count). The van der Waals surface area contributed by atoms with Crippen molar-refractivity contribution in [2.24, 2.45) is 0 Å². The van der Waals surface area contributed by atoms with E-state index >= 15 is 0 Å². The van der Waals surface area contributed by atoms with Crippen LogP contribution in [0.15, 0.2) is 23.4 Å². The van der Waals surface area contributed by atoms with E-state index in [1.165, 1.54) is 0 Å². The molecular weight excluding hydrogens is 545 g/mol. The number of hydrogen-bond donors (Lipinski definition) is 0. The molecule has 172 valence electrons. The molecule has 0 radical (unpaired) electrons. The standard InChI is InChI=1S/C21H26IN5O4S/c1-4-17-23-18-19(26-8-10-31-11-9-26)24-21(25-20(18)27(17)5-2)32(28,29)13-14-6-7-16(30-3)15(22)12-14/h6-7,12H,4-5,8-11,13H2,1-3H3. The third-order valence-corrected chi connectivity index (χ3v) is 7.72. The lowest BCUT2D eigenvalue weighted by Gasteiger charge is -2.28. The Kier molecular flexibility index (Phi) is 6.86. The monoisotopic (exact) mass is 571 g/mol. The number of halogens is 1. The number of ether oxygens (including phenoxy) is 2. The van der Waals surface area contributed by atoms with Crippen LogP contribution in [0, 0.1) is 3.57 Å². The van der Waals surface area contributed by atoms with E-state index in [9.17, 15) is 8.42 Å². The highest BCUT2D eigenvalue weighted by Gasteiger charge is 2.27. The van der Waals surface area contributed by atoms with Crippen LogP contribution in [-0.4, -0.2) is 61.3 Å². The Bertz CT molecular complexity index is 1240. The maximum Gasteiger partial charge on any atom is 0.251 e. The molecule has 0 unspecified atom stereocenters. The molecular formula is C21H26IN5O4S. The molecule has 2 aromatic heterocycles. The van der Waals surface area contributed by atoms with Crippen molar-refractivity contribution >= 4 is 49.4 Å². The van der Waals surface area contributed by atoms with Gasteiger partial charge in [-0.15, -0.1) is 0 Å². The van der Waals surface area contributed by atoms with E-state index in [0.29, 0.717) is 61.1 Å². The van der Waals surface area contributed by atoms with Gasteiger partial charge in [0.1, 0.15) is 11.6 Å². The van der Waals surface area contributed by atoms with Crippen molar-refractivity contribution in [1.29, 1.82) is 0 Å². The first-order valence-corrected chi connectivity index (χ1v) is 13.3. The zero-order chi connectivity index (χ0) is 22.9. The van der Waals surface area contributed by atoms with Gasteiger partial charge in [0.25, 0.3) is 5.16 Å². The van der Waals surface area contributed by atoms with Gasteiger partial charge in [0, 0.05) is 26.1 Å². The van der Waals surface area contributed by atoms with Gasteiger partial charge in [-0.2, -0.15) is 9.97 Å². The van der Waals surface area contributed by atoms with E-state index in [0.717, 1.165) is 15.8 Å². The van der Waals surface area contributed by atoms with Crippen LogP contribution in [0.3, 0.4) is 0 Å². The summed E-state index contributed by atoms with van der Waals surface area (Å²) in [5, 5.41) is -0.172. The Balaban J connectivity index is 1.82. The van der Waals surface area contributed by atoms with E-state index in [-0.39, 0.29) is 10.9 Å². The number of anilines is 1. The highest BCUT2D eigenvalue weighted by Crippen LogP contribution is 2.29. The van der Waals surface area contributed by atoms with Gasteiger partial charge in [-0.05, 0) is 47.2 Å². The molecule has 0 bridgehead atoms. The summed E-state index contributed by atoms with van der Waals surface area (Å²) in [4.78, 5) is 15.8. The van der Waals surface area contributed by atoms with Gasteiger partial charge in [0.2, 0.25) is 9.84 Å². The van der Waals surface area contributed by atoms with Crippen LogP contribution in [0.25, 0.3) is 11.2 Å². The molecule has 1 aromatic carbocycles. The Labute approximate surface area is 201 Å². The number of rotatable bonds is 7. The minimum atomic E-state index is -3.79. The molecule has 0 amide bonds. The van der Waals surface area contributed by atoms with Gasteiger partial charge in [-0.3, -0.25) is 0 Å². The average Bonchev–Trinajstić information content (AvgIpc) is 3.16. The summed E-state index contributed by atoms with van der Waals surface area (Å²) < 4.78 is 40.3. The lowest BCUT2D eigenvalue weighted by molar-refractivity contribution is 0.122. The number of nitrogens with zero attached hydrogens (tertiary/aromatic N) is 5. The summed E-state index contributed by atoms with van der Waals surface area (Å²) in [6, 6.07) is 5.34. The van der Waals surface area contributed by atoms with Crippen molar-refractivity contribution < 1.29 is 17.9 Å². The Morgan fingerprint density at radius 3 is 2.53 bits per heavy atom. The van der Waals surface area contributed by atoms with Crippen molar-refractivity contribution in [2.75, 3.05) is 38.3 Å². The van der Waals surface area contributed by atoms with Crippen LogP contribution < -0.4 is 9.64 Å². The van der Waals surface area contributed by atoms with Crippen molar-refractivity contribution in [2.45, 2.75) is 37.7 Å². The lowest BCUT2D eigenvalue weighted by atomic mass is 10.2. The lowest BCUT2D eigenvalue weighted by Crippen LogP contribution is -2.37. The van der Waals surface area contributed by atoms with Crippen molar-refractivity contribution in [3.05, 3.63) is 33.2 Å². The molecule has 1 fully saturated rings. The van der Waals surface area contributed by atoms with E-state index in [1.807, 2.05) is 29.4 Å². The first kappa shape index (κ1) is 23.2. The summed E-state index contributed by atoms with van der Waals surface area (Å²) in [6.07, 6.45) is 0.721. The van der Waals surface area contributed by atoms with Crippen LogP contribution in [0.4, 0.5) is 5.82 Å². The van der Waals surface area contributed by atoms with Crippen LogP contribution in [-0.2, 0) is 33.3 Å². The van der Waals surface area contributed by atoms with E-state index in [4.69, 9.17) is 14.5 Å².